The highest BCUT2D eigenvalue weighted by atomic mass is 19.1. The van der Waals surface area contributed by atoms with Crippen molar-refractivity contribution in [2.24, 2.45) is 0 Å². The summed E-state index contributed by atoms with van der Waals surface area (Å²) in [5.41, 5.74) is 0.960. The first kappa shape index (κ1) is 13.7. The highest BCUT2D eigenvalue weighted by molar-refractivity contribution is 5.36. The van der Waals surface area contributed by atoms with Gasteiger partial charge in [0, 0.05) is 17.7 Å². The number of hydrogen-bond acceptors (Lipinski definition) is 2. The van der Waals surface area contributed by atoms with Crippen LogP contribution in [0.3, 0.4) is 0 Å². The molecule has 0 saturated heterocycles. The van der Waals surface area contributed by atoms with Gasteiger partial charge >= 0.3 is 0 Å². The maximum Gasteiger partial charge on any atom is 0.127 e. The van der Waals surface area contributed by atoms with Gasteiger partial charge in [-0.2, -0.15) is 0 Å². The fourth-order valence-electron chi connectivity index (χ4n) is 1.63. The Morgan fingerprint density at radius 2 is 2.18 bits per heavy atom. The first-order valence-electron chi connectivity index (χ1n) is 5.90. The molecular formula is C14H20FNO. The van der Waals surface area contributed by atoms with Crippen LogP contribution in [0.25, 0.3) is 0 Å². The minimum Gasteiger partial charge on any atom is -0.486 e. The van der Waals surface area contributed by atoms with Gasteiger partial charge in [0.2, 0.25) is 0 Å². The predicted molar refractivity (Wildman–Crippen MR) is 68.8 cm³/mol. The highest BCUT2D eigenvalue weighted by Gasteiger charge is 2.13. The summed E-state index contributed by atoms with van der Waals surface area (Å²) in [5.74, 6) is 0.287. The molecule has 1 rings (SSSR count). The Morgan fingerprint density at radius 3 is 2.76 bits per heavy atom. The van der Waals surface area contributed by atoms with Crippen molar-refractivity contribution in [1.29, 1.82) is 0 Å². The molecule has 0 bridgehead atoms. The number of benzene rings is 1. The van der Waals surface area contributed by atoms with Gasteiger partial charge in [0.25, 0.3) is 0 Å². The fraction of sp³-hybridized carbons (Fsp3) is 0.429. The summed E-state index contributed by atoms with van der Waals surface area (Å²) in [4.78, 5) is 0. The Hall–Kier alpha value is -1.35. The largest absolute Gasteiger partial charge is 0.486 e. The van der Waals surface area contributed by atoms with Crippen molar-refractivity contribution in [3.63, 3.8) is 0 Å². The lowest BCUT2D eigenvalue weighted by atomic mass is 10.1. The molecule has 1 aromatic carbocycles. The molecule has 0 heterocycles. The number of ether oxygens (including phenoxy) is 1. The molecule has 2 unspecified atom stereocenters. The maximum absolute atomic E-state index is 13.2. The standard InChI is InChI=1S/C14H20FNO/c1-5-10(3)17-14-9-12(15)7-8-13(14)11(4)16-6-2/h5,7-11,16H,1,6H2,2-4H3. The molecule has 0 aliphatic carbocycles. The zero-order valence-corrected chi connectivity index (χ0v) is 10.7. The zero-order chi connectivity index (χ0) is 12.8. The number of rotatable bonds is 6. The quantitative estimate of drug-likeness (QED) is 0.765. The molecule has 2 nitrogen and oxygen atoms in total. The molecule has 0 radical (unpaired) electrons. The molecule has 0 amide bonds. The summed E-state index contributed by atoms with van der Waals surface area (Å²) in [5, 5.41) is 3.28. The molecule has 94 valence electrons. The van der Waals surface area contributed by atoms with Gasteiger partial charge in [0.05, 0.1) is 0 Å². The van der Waals surface area contributed by atoms with E-state index in [0.717, 1.165) is 12.1 Å². The average Bonchev–Trinajstić information content (AvgIpc) is 2.29. The zero-order valence-electron chi connectivity index (χ0n) is 10.7. The van der Waals surface area contributed by atoms with Crippen molar-refractivity contribution >= 4 is 0 Å². The Labute approximate surface area is 102 Å². The Balaban J connectivity index is 2.98. The van der Waals surface area contributed by atoms with E-state index in [-0.39, 0.29) is 18.0 Å². The first-order chi connectivity index (χ1) is 8.08. The third-order valence-electron chi connectivity index (χ3n) is 2.60. The maximum atomic E-state index is 13.2. The van der Waals surface area contributed by atoms with Crippen molar-refractivity contribution in [1.82, 2.24) is 5.32 Å². The van der Waals surface area contributed by atoms with Gasteiger partial charge in [0.15, 0.2) is 0 Å². The molecule has 0 spiro atoms. The van der Waals surface area contributed by atoms with Gasteiger partial charge in [-0.25, -0.2) is 4.39 Å². The third-order valence-corrected chi connectivity index (χ3v) is 2.60. The van der Waals surface area contributed by atoms with Crippen molar-refractivity contribution in [3.05, 3.63) is 42.2 Å². The van der Waals surface area contributed by atoms with E-state index >= 15 is 0 Å². The van der Waals surface area contributed by atoms with Crippen LogP contribution >= 0.6 is 0 Å². The SMILES string of the molecule is C=CC(C)Oc1cc(F)ccc1C(C)NCC. The minimum absolute atomic E-state index is 0.132. The van der Waals surface area contributed by atoms with Crippen LogP contribution < -0.4 is 10.1 Å². The van der Waals surface area contributed by atoms with Crippen molar-refractivity contribution in [2.45, 2.75) is 32.9 Å². The number of nitrogens with one attached hydrogen (secondary N) is 1. The molecule has 2 atom stereocenters. The smallest absolute Gasteiger partial charge is 0.127 e. The Bertz CT molecular complexity index is 378. The van der Waals surface area contributed by atoms with Gasteiger partial charge < -0.3 is 10.1 Å². The van der Waals surface area contributed by atoms with Crippen LogP contribution in [0.2, 0.25) is 0 Å². The van der Waals surface area contributed by atoms with Crippen LogP contribution in [0.5, 0.6) is 5.75 Å². The third kappa shape index (κ3) is 3.86. The summed E-state index contributed by atoms with van der Waals surface area (Å²) in [6.07, 6.45) is 1.55. The normalized spacial score (nSPS) is 14.1. The topological polar surface area (TPSA) is 21.3 Å². The molecule has 3 heteroatoms. The molecule has 1 N–H and O–H groups in total. The Kier molecular flexibility index (Phi) is 5.16. The predicted octanol–water partition coefficient (Wildman–Crippen LogP) is 3.45. The highest BCUT2D eigenvalue weighted by Crippen LogP contribution is 2.27. The van der Waals surface area contributed by atoms with Crippen LogP contribution in [0.1, 0.15) is 32.4 Å². The van der Waals surface area contributed by atoms with Crippen LogP contribution in [-0.2, 0) is 0 Å². The van der Waals surface area contributed by atoms with E-state index in [4.69, 9.17) is 4.74 Å². The lowest BCUT2D eigenvalue weighted by Gasteiger charge is -2.19. The van der Waals surface area contributed by atoms with Crippen molar-refractivity contribution < 1.29 is 9.13 Å². The second kappa shape index (κ2) is 6.40. The van der Waals surface area contributed by atoms with Gasteiger partial charge in [-0.05, 0) is 26.5 Å². The molecule has 17 heavy (non-hydrogen) atoms. The molecule has 0 aliphatic heterocycles. The summed E-state index contributed by atoms with van der Waals surface area (Å²) in [7, 11) is 0. The number of halogens is 1. The van der Waals surface area contributed by atoms with E-state index in [2.05, 4.69) is 11.9 Å². The summed E-state index contributed by atoms with van der Waals surface area (Å²) in [6.45, 7) is 10.5. The second-order valence-corrected chi connectivity index (χ2v) is 4.02. The van der Waals surface area contributed by atoms with E-state index in [1.54, 1.807) is 12.1 Å². The van der Waals surface area contributed by atoms with Gasteiger partial charge in [0.1, 0.15) is 17.7 Å². The monoisotopic (exact) mass is 237 g/mol. The van der Waals surface area contributed by atoms with E-state index < -0.39 is 0 Å². The lowest BCUT2D eigenvalue weighted by Crippen LogP contribution is -2.19. The Morgan fingerprint density at radius 1 is 1.47 bits per heavy atom. The van der Waals surface area contributed by atoms with E-state index in [9.17, 15) is 4.39 Å². The van der Waals surface area contributed by atoms with E-state index in [0.29, 0.717) is 5.75 Å². The van der Waals surface area contributed by atoms with Crippen LogP contribution in [0, 0.1) is 5.82 Å². The average molecular weight is 237 g/mol. The minimum atomic E-state index is -0.288. The second-order valence-electron chi connectivity index (χ2n) is 4.02. The summed E-state index contributed by atoms with van der Waals surface area (Å²) in [6, 6.07) is 4.76. The molecule has 0 aromatic heterocycles. The van der Waals surface area contributed by atoms with Crippen molar-refractivity contribution in [3.8, 4) is 5.75 Å². The van der Waals surface area contributed by atoms with Gasteiger partial charge in [-0.1, -0.05) is 25.6 Å². The fourth-order valence-corrected chi connectivity index (χ4v) is 1.63. The summed E-state index contributed by atoms with van der Waals surface area (Å²) < 4.78 is 18.9. The van der Waals surface area contributed by atoms with E-state index in [1.807, 2.05) is 20.8 Å². The van der Waals surface area contributed by atoms with Crippen LogP contribution in [0.4, 0.5) is 4.39 Å². The lowest BCUT2D eigenvalue weighted by molar-refractivity contribution is 0.264. The number of hydrogen-bond donors (Lipinski definition) is 1. The van der Waals surface area contributed by atoms with E-state index in [1.165, 1.54) is 12.1 Å². The molecule has 0 fully saturated rings. The molecule has 0 aliphatic rings. The van der Waals surface area contributed by atoms with Gasteiger partial charge in [-0.3, -0.25) is 0 Å². The molecule has 0 saturated carbocycles. The first-order valence-corrected chi connectivity index (χ1v) is 5.90. The van der Waals surface area contributed by atoms with Crippen LogP contribution in [0.15, 0.2) is 30.9 Å². The molecular weight excluding hydrogens is 217 g/mol. The summed E-state index contributed by atoms with van der Waals surface area (Å²) >= 11 is 0. The van der Waals surface area contributed by atoms with Crippen molar-refractivity contribution in [2.75, 3.05) is 6.54 Å². The van der Waals surface area contributed by atoms with Crippen LogP contribution in [-0.4, -0.2) is 12.6 Å². The van der Waals surface area contributed by atoms with Gasteiger partial charge in [-0.15, -0.1) is 0 Å². The molecule has 1 aromatic rings.